The summed E-state index contributed by atoms with van der Waals surface area (Å²) in [4.78, 5) is 0. The van der Waals surface area contributed by atoms with Gasteiger partial charge in [0.2, 0.25) is 0 Å². The Balaban J connectivity index is 1.84. The molecule has 0 aliphatic rings. The standard InChI is InChI=1S/C29H46O2/c1-4-6-8-10-12-14-16-21-30-28-23-26-20-18-19-25(3)27(26)24-29(28)31-22-17-15-13-11-9-7-5-2/h18-20,23-24H,4-17,21-22H2,1-3H3. The molecule has 2 aromatic rings. The minimum absolute atomic E-state index is 0.777. The lowest BCUT2D eigenvalue weighted by Crippen LogP contribution is -2.03. The van der Waals surface area contributed by atoms with E-state index in [4.69, 9.17) is 9.47 Å². The lowest BCUT2D eigenvalue weighted by Gasteiger charge is -2.15. The first-order chi connectivity index (χ1) is 15.3. The molecule has 0 amide bonds. The van der Waals surface area contributed by atoms with Crippen LogP contribution in [0.1, 0.15) is 109 Å². The van der Waals surface area contributed by atoms with Gasteiger partial charge in [-0.1, -0.05) is 109 Å². The highest BCUT2D eigenvalue weighted by atomic mass is 16.5. The summed E-state index contributed by atoms with van der Waals surface area (Å²) in [6, 6.07) is 10.8. The van der Waals surface area contributed by atoms with E-state index in [0.29, 0.717) is 0 Å². The molecular formula is C29H46O2. The molecular weight excluding hydrogens is 380 g/mol. The highest BCUT2D eigenvalue weighted by molar-refractivity contribution is 5.88. The maximum absolute atomic E-state index is 6.23. The van der Waals surface area contributed by atoms with Gasteiger partial charge in [0.1, 0.15) is 0 Å². The molecule has 2 aromatic carbocycles. The first-order valence-corrected chi connectivity index (χ1v) is 13.0. The number of fused-ring (bicyclic) bond motifs is 1. The Labute approximate surface area is 191 Å². The molecule has 31 heavy (non-hydrogen) atoms. The van der Waals surface area contributed by atoms with Crippen LogP contribution in [0.15, 0.2) is 30.3 Å². The minimum Gasteiger partial charge on any atom is -0.490 e. The maximum atomic E-state index is 6.23. The second-order valence-corrected chi connectivity index (χ2v) is 9.03. The van der Waals surface area contributed by atoms with Crippen molar-refractivity contribution in [2.75, 3.05) is 13.2 Å². The molecule has 2 rings (SSSR count). The van der Waals surface area contributed by atoms with Gasteiger partial charge in [-0.25, -0.2) is 0 Å². The van der Waals surface area contributed by atoms with E-state index in [-0.39, 0.29) is 0 Å². The fourth-order valence-corrected chi connectivity index (χ4v) is 4.15. The fourth-order valence-electron chi connectivity index (χ4n) is 4.15. The second kappa shape index (κ2) is 16.0. The van der Waals surface area contributed by atoms with Gasteiger partial charge in [0.25, 0.3) is 0 Å². The Morgan fingerprint density at radius 1 is 0.581 bits per heavy atom. The molecule has 0 spiro atoms. The summed E-state index contributed by atoms with van der Waals surface area (Å²) in [5.74, 6) is 1.82. The molecule has 0 aromatic heterocycles. The van der Waals surface area contributed by atoms with Crippen LogP contribution in [-0.2, 0) is 0 Å². The first-order valence-electron chi connectivity index (χ1n) is 13.0. The van der Waals surface area contributed by atoms with Gasteiger partial charge in [0.05, 0.1) is 13.2 Å². The highest BCUT2D eigenvalue weighted by Gasteiger charge is 2.09. The van der Waals surface area contributed by atoms with Gasteiger partial charge in [-0.05, 0) is 48.2 Å². The summed E-state index contributed by atoms with van der Waals surface area (Å²) in [6.07, 6.45) is 18.2. The number of benzene rings is 2. The Kier molecular flexibility index (Phi) is 13.2. The topological polar surface area (TPSA) is 18.5 Å². The smallest absolute Gasteiger partial charge is 0.161 e. The molecule has 2 nitrogen and oxygen atoms in total. The molecule has 0 saturated heterocycles. The molecule has 174 valence electrons. The normalized spacial score (nSPS) is 11.2. The zero-order chi connectivity index (χ0) is 22.2. The summed E-state index contributed by atoms with van der Waals surface area (Å²) in [5.41, 5.74) is 1.29. The summed E-state index contributed by atoms with van der Waals surface area (Å²) in [5, 5.41) is 2.50. The van der Waals surface area contributed by atoms with E-state index in [1.165, 1.54) is 93.4 Å². The van der Waals surface area contributed by atoms with Crippen LogP contribution in [0.25, 0.3) is 10.8 Å². The van der Waals surface area contributed by atoms with Crippen LogP contribution in [0.2, 0.25) is 0 Å². The van der Waals surface area contributed by atoms with Crippen molar-refractivity contribution in [1.29, 1.82) is 0 Å². The van der Waals surface area contributed by atoms with Gasteiger partial charge in [-0.3, -0.25) is 0 Å². The lowest BCUT2D eigenvalue weighted by molar-refractivity contribution is 0.259. The monoisotopic (exact) mass is 426 g/mol. The summed E-state index contributed by atoms with van der Waals surface area (Å²) in [6.45, 7) is 8.26. The van der Waals surface area contributed by atoms with Gasteiger partial charge < -0.3 is 9.47 Å². The third-order valence-electron chi connectivity index (χ3n) is 6.17. The van der Waals surface area contributed by atoms with Crippen molar-refractivity contribution in [3.8, 4) is 11.5 Å². The van der Waals surface area contributed by atoms with Crippen molar-refractivity contribution in [3.05, 3.63) is 35.9 Å². The van der Waals surface area contributed by atoms with Gasteiger partial charge in [0.15, 0.2) is 11.5 Å². The second-order valence-electron chi connectivity index (χ2n) is 9.03. The molecule has 0 saturated carbocycles. The average Bonchev–Trinajstić information content (AvgIpc) is 2.78. The van der Waals surface area contributed by atoms with Crippen LogP contribution in [0.4, 0.5) is 0 Å². The molecule has 0 unspecified atom stereocenters. The summed E-state index contributed by atoms with van der Waals surface area (Å²) >= 11 is 0. The first kappa shape index (κ1) is 25.6. The Morgan fingerprint density at radius 3 is 1.61 bits per heavy atom. The van der Waals surface area contributed by atoms with Crippen LogP contribution in [0, 0.1) is 6.92 Å². The SMILES string of the molecule is CCCCCCCCCOc1cc2cccc(C)c2cc1OCCCCCCCCC. The number of aryl methyl sites for hydroxylation is 1. The third kappa shape index (κ3) is 9.97. The molecule has 0 atom stereocenters. The molecule has 0 radical (unpaired) electrons. The van der Waals surface area contributed by atoms with Crippen LogP contribution >= 0.6 is 0 Å². The zero-order valence-corrected chi connectivity index (χ0v) is 20.5. The average molecular weight is 427 g/mol. The third-order valence-corrected chi connectivity index (χ3v) is 6.17. The van der Waals surface area contributed by atoms with E-state index in [1.807, 2.05) is 0 Å². The van der Waals surface area contributed by atoms with Crippen molar-refractivity contribution >= 4 is 10.8 Å². The van der Waals surface area contributed by atoms with Crippen molar-refractivity contribution in [1.82, 2.24) is 0 Å². The molecule has 0 bridgehead atoms. The van der Waals surface area contributed by atoms with E-state index in [9.17, 15) is 0 Å². The van der Waals surface area contributed by atoms with Gasteiger partial charge in [-0.2, -0.15) is 0 Å². The quantitative estimate of drug-likeness (QED) is 0.221. The van der Waals surface area contributed by atoms with E-state index < -0.39 is 0 Å². The number of unbranched alkanes of at least 4 members (excludes halogenated alkanes) is 12. The Morgan fingerprint density at radius 2 is 1.06 bits per heavy atom. The zero-order valence-electron chi connectivity index (χ0n) is 20.5. The molecule has 2 heteroatoms. The van der Waals surface area contributed by atoms with E-state index >= 15 is 0 Å². The van der Waals surface area contributed by atoms with Crippen LogP contribution in [-0.4, -0.2) is 13.2 Å². The summed E-state index contributed by atoms with van der Waals surface area (Å²) in [7, 11) is 0. The molecule has 0 N–H and O–H groups in total. The van der Waals surface area contributed by atoms with Crippen LogP contribution in [0.3, 0.4) is 0 Å². The van der Waals surface area contributed by atoms with E-state index in [1.54, 1.807) is 0 Å². The fraction of sp³-hybridized carbons (Fsp3) is 0.655. The predicted octanol–water partition coefficient (Wildman–Crippen LogP) is 9.41. The number of ether oxygens (including phenoxy) is 2. The predicted molar refractivity (Wildman–Crippen MR) is 136 cm³/mol. The maximum Gasteiger partial charge on any atom is 0.161 e. The minimum atomic E-state index is 0.777. The molecule has 0 fully saturated rings. The molecule has 0 aliphatic carbocycles. The van der Waals surface area contributed by atoms with E-state index in [2.05, 4.69) is 51.1 Å². The van der Waals surface area contributed by atoms with Crippen molar-refractivity contribution in [3.63, 3.8) is 0 Å². The summed E-state index contributed by atoms with van der Waals surface area (Å²) < 4.78 is 12.4. The Hall–Kier alpha value is -1.70. The van der Waals surface area contributed by atoms with Crippen LogP contribution < -0.4 is 9.47 Å². The molecule has 0 aliphatic heterocycles. The van der Waals surface area contributed by atoms with Gasteiger partial charge >= 0.3 is 0 Å². The van der Waals surface area contributed by atoms with E-state index in [0.717, 1.165) is 37.6 Å². The number of hydrogen-bond donors (Lipinski definition) is 0. The van der Waals surface area contributed by atoms with Gasteiger partial charge in [0, 0.05) is 0 Å². The number of rotatable bonds is 18. The highest BCUT2D eigenvalue weighted by Crippen LogP contribution is 2.34. The van der Waals surface area contributed by atoms with Crippen LogP contribution in [0.5, 0.6) is 11.5 Å². The van der Waals surface area contributed by atoms with Crippen molar-refractivity contribution in [2.45, 2.75) is 111 Å². The van der Waals surface area contributed by atoms with Gasteiger partial charge in [-0.15, -0.1) is 0 Å². The number of hydrogen-bond acceptors (Lipinski definition) is 2. The lowest BCUT2D eigenvalue weighted by atomic mass is 10.0. The van der Waals surface area contributed by atoms with Crippen molar-refractivity contribution < 1.29 is 9.47 Å². The Bertz CT molecular complexity index is 722. The van der Waals surface area contributed by atoms with Crippen molar-refractivity contribution in [2.24, 2.45) is 0 Å². The largest absolute Gasteiger partial charge is 0.490 e. The molecule has 0 heterocycles.